The molecular formula is C9H16O3. The summed E-state index contributed by atoms with van der Waals surface area (Å²) in [6.45, 7) is 3.78. The number of carbonyl (C=O) groups is 1. The summed E-state index contributed by atoms with van der Waals surface area (Å²) in [7, 11) is 0. The molecule has 0 amide bonds. The van der Waals surface area contributed by atoms with Gasteiger partial charge < -0.3 is 9.84 Å². The molecule has 0 atom stereocenters. The number of ether oxygens (including phenoxy) is 1. The lowest BCUT2D eigenvalue weighted by Crippen LogP contribution is -1.97. The summed E-state index contributed by atoms with van der Waals surface area (Å²) in [5.74, 6) is 0.471. The van der Waals surface area contributed by atoms with Crippen LogP contribution in [0.1, 0.15) is 39.5 Å². The molecule has 0 unspecified atom stereocenters. The van der Waals surface area contributed by atoms with Gasteiger partial charge in [-0.15, -0.1) is 0 Å². The van der Waals surface area contributed by atoms with Crippen LogP contribution in [0.3, 0.4) is 0 Å². The molecule has 3 nitrogen and oxygen atoms in total. The largest absolute Gasteiger partial charge is 0.510 e. The van der Waals surface area contributed by atoms with E-state index in [2.05, 4.69) is 11.7 Å². The van der Waals surface area contributed by atoms with Gasteiger partial charge >= 0.3 is 6.16 Å². The van der Waals surface area contributed by atoms with Crippen molar-refractivity contribution in [1.82, 2.24) is 0 Å². The van der Waals surface area contributed by atoms with Gasteiger partial charge in [0.15, 0.2) is 0 Å². The molecule has 0 saturated heterocycles. The van der Waals surface area contributed by atoms with E-state index in [0.717, 1.165) is 12.8 Å². The maximum absolute atomic E-state index is 10.0. The second-order valence-corrected chi connectivity index (χ2v) is 2.68. The van der Waals surface area contributed by atoms with Crippen molar-refractivity contribution in [3.63, 3.8) is 0 Å². The first-order chi connectivity index (χ1) is 5.66. The normalized spacial score (nSPS) is 11.3. The van der Waals surface area contributed by atoms with E-state index < -0.39 is 6.16 Å². The summed E-state index contributed by atoms with van der Waals surface area (Å²) in [6, 6.07) is 0. The van der Waals surface area contributed by atoms with Crippen LogP contribution in [0.25, 0.3) is 0 Å². The van der Waals surface area contributed by atoms with E-state index in [4.69, 9.17) is 5.11 Å². The third-order valence-electron chi connectivity index (χ3n) is 1.49. The fourth-order valence-corrected chi connectivity index (χ4v) is 0.879. The molecule has 0 spiro atoms. The molecule has 0 bridgehead atoms. The van der Waals surface area contributed by atoms with Gasteiger partial charge in [-0.05, 0) is 25.8 Å². The minimum Gasteiger partial charge on any atom is -0.449 e. The molecule has 0 aliphatic carbocycles. The van der Waals surface area contributed by atoms with Crippen molar-refractivity contribution in [2.45, 2.75) is 39.5 Å². The van der Waals surface area contributed by atoms with Crippen LogP contribution < -0.4 is 0 Å². The summed E-state index contributed by atoms with van der Waals surface area (Å²) in [4.78, 5) is 10.0. The topological polar surface area (TPSA) is 46.5 Å². The molecule has 3 heteroatoms. The Hall–Kier alpha value is -0.990. The van der Waals surface area contributed by atoms with Gasteiger partial charge in [-0.25, -0.2) is 4.79 Å². The Bertz CT molecular complexity index is 161. The lowest BCUT2D eigenvalue weighted by atomic mass is 10.2. The van der Waals surface area contributed by atoms with E-state index >= 15 is 0 Å². The third-order valence-corrected chi connectivity index (χ3v) is 1.49. The van der Waals surface area contributed by atoms with E-state index in [9.17, 15) is 4.79 Å². The summed E-state index contributed by atoms with van der Waals surface area (Å²) in [5, 5.41) is 8.22. The van der Waals surface area contributed by atoms with Gasteiger partial charge in [0.1, 0.15) is 5.76 Å². The molecule has 0 radical (unpaired) electrons. The SMILES string of the molecule is CCCCCC=C(C)OC(=O)O. The molecule has 0 heterocycles. The second-order valence-electron chi connectivity index (χ2n) is 2.68. The molecule has 12 heavy (non-hydrogen) atoms. The molecule has 0 aromatic carbocycles. The van der Waals surface area contributed by atoms with Crippen molar-refractivity contribution in [3.05, 3.63) is 11.8 Å². The van der Waals surface area contributed by atoms with Gasteiger partial charge in [0.05, 0.1) is 0 Å². The highest BCUT2D eigenvalue weighted by Crippen LogP contribution is 2.04. The van der Waals surface area contributed by atoms with Gasteiger partial charge in [0.2, 0.25) is 0 Å². The third kappa shape index (κ3) is 7.12. The molecule has 0 aliphatic rings. The van der Waals surface area contributed by atoms with Crippen LogP contribution in [-0.4, -0.2) is 11.3 Å². The number of carboxylic acid groups (broad SMARTS) is 1. The van der Waals surface area contributed by atoms with Crippen molar-refractivity contribution in [1.29, 1.82) is 0 Å². The Kier molecular flexibility index (Phi) is 6.15. The predicted molar refractivity (Wildman–Crippen MR) is 47.0 cm³/mol. The lowest BCUT2D eigenvalue weighted by molar-refractivity contribution is 0.119. The molecule has 1 N–H and O–H groups in total. The van der Waals surface area contributed by atoms with E-state index in [1.165, 1.54) is 12.8 Å². The van der Waals surface area contributed by atoms with Crippen molar-refractivity contribution in [2.75, 3.05) is 0 Å². The zero-order chi connectivity index (χ0) is 9.40. The molecule has 70 valence electrons. The fraction of sp³-hybridized carbons (Fsp3) is 0.667. The first-order valence-electron chi connectivity index (χ1n) is 4.24. The Morgan fingerprint density at radius 2 is 2.17 bits per heavy atom. The maximum atomic E-state index is 10.0. The maximum Gasteiger partial charge on any atom is 0.510 e. The van der Waals surface area contributed by atoms with Crippen LogP contribution in [0, 0.1) is 0 Å². The van der Waals surface area contributed by atoms with Gasteiger partial charge in [0.25, 0.3) is 0 Å². The minimum absolute atomic E-state index is 0.471. The zero-order valence-electron chi connectivity index (χ0n) is 7.67. The zero-order valence-corrected chi connectivity index (χ0v) is 7.67. The Balaban J connectivity index is 3.48. The molecular weight excluding hydrogens is 156 g/mol. The molecule has 0 fully saturated rings. The standard InChI is InChI=1S/C9H16O3/c1-3-4-5-6-7-8(2)12-9(10)11/h7H,3-6H2,1-2H3,(H,10,11). The van der Waals surface area contributed by atoms with E-state index in [1.54, 1.807) is 6.92 Å². The molecule has 0 aliphatic heterocycles. The van der Waals surface area contributed by atoms with Gasteiger partial charge in [-0.1, -0.05) is 19.8 Å². The minimum atomic E-state index is -1.24. The van der Waals surface area contributed by atoms with Crippen LogP contribution in [0.4, 0.5) is 4.79 Å². The summed E-state index contributed by atoms with van der Waals surface area (Å²) >= 11 is 0. The quantitative estimate of drug-likeness (QED) is 0.393. The summed E-state index contributed by atoms with van der Waals surface area (Å²) in [5.41, 5.74) is 0. The van der Waals surface area contributed by atoms with E-state index in [0.29, 0.717) is 5.76 Å². The van der Waals surface area contributed by atoms with Gasteiger partial charge in [-0.3, -0.25) is 0 Å². The lowest BCUT2D eigenvalue weighted by Gasteiger charge is -1.98. The van der Waals surface area contributed by atoms with E-state index in [-0.39, 0.29) is 0 Å². The average Bonchev–Trinajstić information content (AvgIpc) is 1.97. The average molecular weight is 172 g/mol. The van der Waals surface area contributed by atoms with Crippen LogP contribution in [-0.2, 0) is 4.74 Å². The summed E-state index contributed by atoms with van der Waals surface area (Å²) in [6.07, 6.45) is 4.91. The number of hydrogen-bond donors (Lipinski definition) is 1. The highest BCUT2D eigenvalue weighted by atomic mass is 16.7. The smallest absolute Gasteiger partial charge is 0.449 e. The van der Waals surface area contributed by atoms with Crippen LogP contribution in [0.2, 0.25) is 0 Å². The molecule has 0 aromatic heterocycles. The first kappa shape index (κ1) is 11.0. The Labute approximate surface area is 73.0 Å². The van der Waals surface area contributed by atoms with Crippen LogP contribution in [0.5, 0.6) is 0 Å². The van der Waals surface area contributed by atoms with Gasteiger partial charge in [0, 0.05) is 0 Å². The monoisotopic (exact) mass is 172 g/mol. The molecule has 0 saturated carbocycles. The summed E-state index contributed by atoms with van der Waals surface area (Å²) < 4.78 is 4.41. The predicted octanol–water partition coefficient (Wildman–Crippen LogP) is 3.17. The van der Waals surface area contributed by atoms with Crippen LogP contribution >= 0.6 is 0 Å². The van der Waals surface area contributed by atoms with E-state index in [1.807, 2.05) is 6.08 Å². The fourth-order valence-electron chi connectivity index (χ4n) is 0.879. The van der Waals surface area contributed by atoms with Crippen LogP contribution in [0.15, 0.2) is 11.8 Å². The number of rotatable bonds is 5. The first-order valence-corrected chi connectivity index (χ1v) is 4.24. The highest BCUT2D eigenvalue weighted by Gasteiger charge is 1.96. The van der Waals surface area contributed by atoms with Gasteiger partial charge in [-0.2, -0.15) is 0 Å². The number of unbranched alkanes of at least 4 members (excludes halogenated alkanes) is 3. The van der Waals surface area contributed by atoms with Crippen molar-refractivity contribution in [2.24, 2.45) is 0 Å². The number of allylic oxidation sites excluding steroid dienone is 2. The molecule has 0 rings (SSSR count). The highest BCUT2D eigenvalue weighted by molar-refractivity contribution is 5.58. The second kappa shape index (κ2) is 6.70. The van der Waals surface area contributed by atoms with Crippen molar-refractivity contribution < 1.29 is 14.6 Å². The molecule has 0 aromatic rings. The van der Waals surface area contributed by atoms with Crippen molar-refractivity contribution >= 4 is 6.16 Å². The number of hydrogen-bond acceptors (Lipinski definition) is 2. The van der Waals surface area contributed by atoms with Crippen molar-refractivity contribution in [3.8, 4) is 0 Å². The Morgan fingerprint density at radius 1 is 1.50 bits per heavy atom. The Morgan fingerprint density at radius 3 is 2.67 bits per heavy atom.